The third kappa shape index (κ3) is 8.24. The SMILES string of the molecule is NCCOCCOC(=O)CCCCC1CCSS1. The first-order valence-electron chi connectivity index (χ1n) is 6.54. The van der Waals surface area contributed by atoms with Crippen molar-refractivity contribution in [2.75, 3.05) is 32.1 Å². The monoisotopic (exact) mass is 293 g/mol. The second-order valence-electron chi connectivity index (χ2n) is 4.20. The van der Waals surface area contributed by atoms with Gasteiger partial charge in [-0.2, -0.15) is 0 Å². The van der Waals surface area contributed by atoms with Crippen molar-refractivity contribution in [3.63, 3.8) is 0 Å². The van der Waals surface area contributed by atoms with Crippen molar-refractivity contribution < 1.29 is 14.3 Å². The van der Waals surface area contributed by atoms with Crippen LogP contribution in [0.4, 0.5) is 0 Å². The van der Waals surface area contributed by atoms with E-state index in [4.69, 9.17) is 15.2 Å². The van der Waals surface area contributed by atoms with Gasteiger partial charge in [-0.1, -0.05) is 28.0 Å². The summed E-state index contributed by atoms with van der Waals surface area (Å²) in [5, 5.41) is 0.802. The highest BCUT2D eigenvalue weighted by atomic mass is 33.1. The lowest BCUT2D eigenvalue weighted by molar-refractivity contribution is -0.145. The molecular formula is C12H23NO3S2. The molecule has 1 aliphatic rings. The average Bonchev–Trinajstić information content (AvgIpc) is 2.87. The normalized spacial score (nSPS) is 19.1. The van der Waals surface area contributed by atoms with Crippen molar-refractivity contribution in [3.05, 3.63) is 0 Å². The molecule has 0 saturated carbocycles. The van der Waals surface area contributed by atoms with Gasteiger partial charge in [-0.05, 0) is 19.3 Å². The molecule has 1 unspecified atom stereocenters. The van der Waals surface area contributed by atoms with Crippen molar-refractivity contribution in [1.29, 1.82) is 0 Å². The molecule has 0 amide bonds. The highest BCUT2D eigenvalue weighted by Gasteiger charge is 2.15. The van der Waals surface area contributed by atoms with Crippen LogP contribution in [0.15, 0.2) is 0 Å². The number of nitrogens with two attached hydrogens (primary N) is 1. The van der Waals surface area contributed by atoms with Crippen LogP contribution in [-0.4, -0.2) is 43.3 Å². The molecule has 4 nitrogen and oxygen atoms in total. The summed E-state index contributed by atoms with van der Waals surface area (Å²) in [4.78, 5) is 11.4. The van der Waals surface area contributed by atoms with Gasteiger partial charge in [0.05, 0.1) is 13.2 Å². The van der Waals surface area contributed by atoms with E-state index in [1.54, 1.807) is 0 Å². The third-order valence-electron chi connectivity index (χ3n) is 2.64. The summed E-state index contributed by atoms with van der Waals surface area (Å²) in [5.74, 6) is 1.17. The van der Waals surface area contributed by atoms with E-state index in [2.05, 4.69) is 0 Å². The van der Waals surface area contributed by atoms with E-state index in [0.717, 1.165) is 18.1 Å². The van der Waals surface area contributed by atoms with E-state index in [-0.39, 0.29) is 5.97 Å². The Morgan fingerprint density at radius 1 is 1.28 bits per heavy atom. The lowest BCUT2D eigenvalue weighted by Gasteiger charge is -2.07. The Kier molecular flexibility index (Phi) is 9.83. The van der Waals surface area contributed by atoms with Crippen molar-refractivity contribution in [3.8, 4) is 0 Å². The molecule has 0 aromatic carbocycles. The minimum Gasteiger partial charge on any atom is -0.463 e. The number of carbonyl (C=O) groups excluding carboxylic acids is 1. The number of unbranched alkanes of at least 4 members (excludes halogenated alkanes) is 1. The molecule has 1 fully saturated rings. The van der Waals surface area contributed by atoms with Gasteiger partial charge in [0.1, 0.15) is 6.61 Å². The highest BCUT2D eigenvalue weighted by molar-refractivity contribution is 8.77. The summed E-state index contributed by atoms with van der Waals surface area (Å²) in [6, 6.07) is 0. The Morgan fingerprint density at radius 2 is 2.17 bits per heavy atom. The number of esters is 1. The van der Waals surface area contributed by atoms with E-state index in [9.17, 15) is 4.79 Å². The fourth-order valence-electron chi connectivity index (χ4n) is 1.68. The molecule has 1 atom stereocenters. The number of hydrogen-bond acceptors (Lipinski definition) is 6. The molecule has 0 aromatic rings. The van der Waals surface area contributed by atoms with Gasteiger partial charge in [0.15, 0.2) is 0 Å². The van der Waals surface area contributed by atoms with Crippen LogP contribution in [0.3, 0.4) is 0 Å². The Bertz CT molecular complexity index is 223. The minimum atomic E-state index is -0.111. The number of carbonyl (C=O) groups is 1. The quantitative estimate of drug-likeness (QED) is 0.378. The zero-order valence-corrected chi connectivity index (χ0v) is 12.4. The summed E-state index contributed by atoms with van der Waals surface area (Å²) in [5.41, 5.74) is 5.27. The van der Waals surface area contributed by atoms with Crippen LogP contribution in [0.25, 0.3) is 0 Å². The molecule has 1 rings (SSSR count). The van der Waals surface area contributed by atoms with Crippen molar-refractivity contribution >= 4 is 27.6 Å². The first-order valence-corrected chi connectivity index (χ1v) is 8.93. The summed E-state index contributed by atoms with van der Waals surface area (Å²) in [7, 11) is 3.96. The number of hydrogen-bond donors (Lipinski definition) is 1. The van der Waals surface area contributed by atoms with Gasteiger partial charge < -0.3 is 15.2 Å². The molecule has 1 heterocycles. The van der Waals surface area contributed by atoms with Crippen LogP contribution < -0.4 is 5.73 Å². The summed E-state index contributed by atoms with van der Waals surface area (Å²) < 4.78 is 10.2. The lowest BCUT2D eigenvalue weighted by Crippen LogP contribution is -2.14. The van der Waals surface area contributed by atoms with Crippen LogP contribution in [-0.2, 0) is 14.3 Å². The smallest absolute Gasteiger partial charge is 0.305 e. The molecule has 0 aliphatic carbocycles. The second-order valence-corrected chi connectivity index (χ2v) is 6.98. The maximum Gasteiger partial charge on any atom is 0.305 e. The van der Waals surface area contributed by atoms with Crippen molar-refractivity contribution in [1.82, 2.24) is 0 Å². The van der Waals surface area contributed by atoms with E-state index in [1.807, 2.05) is 21.6 Å². The molecule has 18 heavy (non-hydrogen) atoms. The van der Waals surface area contributed by atoms with Gasteiger partial charge in [0.2, 0.25) is 0 Å². The lowest BCUT2D eigenvalue weighted by atomic mass is 10.1. The Balaban J connectivity index is 1.84. The largest absolute Gasteiger partial charge is 0.463 e. The van der Waals surface area contributed by atoms with Crippen LogP contribution in [0.2, 0.25) is 0 Å². The second kappa shape index (κ2) is 11.0. The predicted octanol–water partition coefficient (Wildman–Crippen LogP) is 2.22. The average molecular weight is 293 g/mol. The van der Waals surface area contributed by atoms with E-state index in [1.165, 1.54) is 18.6 Å². The van der Waals surface area contributed by atoms with E-state index in [0.29, 0.717) is 32.8 Å². The topological polar surface area (TPSA) is 61.6 Å². The fourth-order valence-corrected chi connectivity index (χ4v) is 4.71. The van der Waals surface area contributed by atoms with Gasteiger partial charge in [-0.3, -0.25) is 4.79 Å². The molecule has 0 aromatic heterocycles. The maximum absolute atomic E-state index is 11.4. The maximum atomic E-state index is 11.4. The van der Waals surface area contributed by atoms with Gasteiger partial charge in [-0.25, -0.2) is 0 Å². The molecule has 0 bridgehead atoms. The van der Waals surface area contributed by atoms with Gasteiger partial charge in [-0.15, -0.1) is 0 Å². The number of rotatable bonds is 10. The van der Waals surface area contributed by atoms with Gasteiger partial charge in [0, 0.05) is 24.0 Å². The Labute approximate surface area is 117 Å². The standard InChI is InChI=1S/C12H23NO3S2/c13-6-7-15-8-9-16-12(14)4-2-1-3-11-5-10-17-18-11/h11H,1-10,13H2. The molecule has 106 valence electrons. The summed E-state index contributed by atoms with van der Waals surface area (Å²) in [6.07, 6.45) is 5.13. The van der Waals surface area contributed by atoms with E-state index < -0.39 is 0 Å². The third-order valence-corrected chi connectivity index (χ3v) is 5.64. The first-order chi connectivity index (χ1) is 8.83. The zero-order valence-electron chi connectivity index (χ0n) is 10.8. The van der Waals surface area contributed by atoms with Crippen LogP contribution in [0, 0.1) is 0 Å². The minimum absolute atomic E-state index is 0.111. The Morgan fingerprint density at radius 3 is 2.89 bits per heavy atom. The number of ether oxygens (including phenoxy) is 2. The zero-order chi connectivity index (χ0) is 13.1. The molecule has 1 saturated heterocycles. The summed E-state index contributed by atoms with van der Waals surface area (Å²) >= 11 is 0. The van der Waals surface area contributed by atoms with E-state index >= 15 is 0 Å². The van der Waals surface area contributed by atoms with Crippen LogP contribution in [0.1, 0.15) is 32.1 Å². The molecular weight excluding hydrogens is 270 g/mol. The van der Waals surface area contributed by atoms with Gasteiger partial charge in [0.25, 0.3) is 0 Å². The highest BCUT2D eigenvalue weighted by Crippen LogP contribution is 2.39. The molecule has 0 radical (unpaired) electrons. The van der Waals surface area contributed by atoms with Crippen molar-refractivity contribution in [2.45, 2.75) is 37.4 Å². The fraction of sp³-hybridized carbons (Fsp3) is 0.917. The van der Waals surface area contributed by atoms with Crippen molar-refractivity contribution in [2.24, 2.45) is 5.73 Å². The van der Waals surface area contributed by atoms with Crippen LogP contribution >= 0.6 is 21.6 Å². The summed E-state index contributed by atoms with van der Waals surface area (Å²) in [6.45, 7) is 1.81. The molecule has 2 N–H and O–H groups in total. The Hall–Kier alpha value is 0.0900. The van der Waals surface area contributed by atoms with Gasteiger partial charge >= 0.3 is 5.97 Å². The molecule has 0 spiro atoms. The molecule has 1 aliphatic heterocycles. The molecule has 6 heteroatoms. The first kappa shape index (κ1) is 16.1. The predicted molar refractivity (Wildman–Crippen MR) is 77.8 cm³/mol. The van der Waals surface area contributed by atoms with Crippen LogP contribution in [0.5, 0.6) is 0 Å².